The smallest absolute Gasteiger partial charge is 0.227 e. The minimum atomic E-state index is 0.123. The highest BCUT2D eigenvalue weighted by atomic mass is 16.5. The summed E-state index contributed by atoms with van der Waals surface area (Å²) in [6, 6.07) is 10.6. The second-order valence-electron chi connectivity index (χ2n) is 7.18. The summed E-state index contributed by atoms with van der Waals surface area (Å²) in [5, 5.41) is 0. The van der Waals surface area contributed by atoms with Gasteiger partial charge in [-0.15, -0.1) is 0 Å². The Bertz CT molecular complexity index is 542. The lowest BCUT2D eigenvalue weighted by Crippen LogP contribution is -2.52. The van der Waals surface area contributed by atoms with Crippen LogP contribution in [0.15, 0.2) is 30.3 Å². The first kappa shape index (κ1) is 15.2. The van der Waals surface area contributed by atoms with Crippen molar-refractivity contribution in [2.75, 3.05) is 32.8 Å². The van der Waals surface area contributed by atoms with Crippen LogP contribution in [0.2, 0.25) is 0 Å². The van der Waals surface area contributed by atoms with Crippen molar-refractivity contribution in [3.63, 3.8) is 0 Å². The summed E-state index contributed by atoms with van der Waals surface area (Å²) in [7, 11) is 0. The summed E-state index contributed by atoms with van der Waals surface area (Å²) in [6.45, 7) is 5.48. The number of carbonyl (C=O) groups is 1. The van der Waals surface area contributed by atoms with Crippen LogP contribution < -0.4 is 0 Å². The molecule has 0 saturated carbocycles. The molecule has 0 unspecified atom stereocenters. The number of hydrogen-bond acceptors (Lipinski definition) is 3. The minimum absolute atomic E-state index is 0.123. The van der Waals surface area contributed by atoms with E-state index in [9.17, 15) is 4.79 Å². The number of fused-ring (bicyclic) bond motifs is 1. The van der Waals surface area contributed by atoms with Gasteiger partial charge in [-0.3, -0.25) is 9.69 Å². The van der Waals surface area contributed by atoms with Gasteiger partial charge in [0.05, 0.1) is 12.0 Å². The summed E-state index contributed by atoms with van der Waals surface area (Å²) in [6.07, 6.45) is 3.62. The van der Waals surface area contributed by atoms with Gasteiger partial charge >= 0.3 is 0 Å². The second kappa shape index (κ2) is 6.62. The summed E-state index contributed by atoms with van der Waals surface area (Å²) < 4.78 is 5.96. The second-order valence-corrected chi connectivity index (χ2v) is 7.18. The molecular formula is C19H26N2O2. The van der Waals surface area contributed by atoms with Crippen molar-refractivity contribution in [1.82, 2.24) is 9.80 Å². The summed E-state index contributed by atoms with van der Waals surface area (Å²) in [5.41, 5.74) is 1.32. The number of carbonyl (C=O) groups excluding carboxylic acids is 1. The van der Waals surface area contributed by atoms with E-state index in [0.717, 1.165) is 58.6 Å². The monoisotopic (exact) mass is 314 g/mol. The van der Waals surface area contributed by atoms with Crippen LogP contribution in [-0.2, 0) is 16.1 Å². The Morgan fingerprint density at radius 1 is 1.13 bits per heavy atom. The molecule has 0 spiro atoms. The Morgan fingerprint density at radius 3 is 2.70 bits per heavy atom. The van der Waals surface area contributed by atoms with Gasteiger partial charge in [0.1, 0.15) is 0 Å². The number of nitrogens with zero attached hydrogens (tertiary/aromatic N) is 2. The van der Waals surface area contributed by atoms with E-state index in [1.165, 1.54) is 5.56 Å². The molecule has 23 heavy (non-hydrogen) atoms. The largest absolute Gasteiger partial charge is 0.377 e. The van der Waals surface area contributed by atoms with Crippen LogP contribution in [0.4, 0.5) is 0 Å². The van der Waals surface area contributed by atoms with Crippen molar-refractivity contribution in [2.45, 2.75) is 31.9 Å². The average molecular weight is 314 g/mol. The van der Waals surface area contributed by atoms with E-state index in [4.69, 9.17) is 4.74 Å². The van der Waals surface area contributed by atoms with E-state index < -0.39 is 0 Å². The fourth-order valence-electron chi connectivity index (χ4n) is 4.46. The van der Waals surface area contributed by atoms with Gasteiger partial charge < -0.3 is 9.64 Å². The molecule has 3 saturated heterocycles. The van der Waals surface area contributed by atoms with Crippen LogP contribution in [0.5, 0.6) is 0 Å². The minimum Gasteiger partial charge on any atom is -0.377 e. The first-order valence-electron chi connectivity index (χ1n) is 8.98. The van der Waals surface area contributed by atoms with Gasteiger partial charge in [0.25, 0.3) is 0 Å². The molecule has 124 valence electrons. The third-order valence-corrected chi connectivity index (χ3v) is 5.65. The maximum Gasteiger partial charge on any atom is 0.227 e. The molecule has 3 aliphatic rings. The van der Waals surface area contributed by atoms with Gasteiger partial charge in [-0.1, -0.05) is 30.3 Å². The number of piperidine rings is 1. The molecule has 0 radical (unpaired) electrons. The van der Waals surface area contributed by atoms with Gasteiger partial charge in [-0.2, -0.15) is 0 Å². The van der Waals surface area contributed by atoms with Gasteiger partial charge in [-0.25, -0.2) is 0 Å². The molecule has 3 aliphatic heterocycles. The van der Waals surface area contributed by atoms with E-state index >= 15 is 0 Å². The predicted molar refractivity (Wildman–Crippen MR) is 88.9 cm³/mol. The maximum absolute atomic E-state index is 13.0. The van der Waals surface area contributed by atoms with Crippen molar-refractivity contribution in [2.24, 2.45) is 11.8 Å². The lowest BCUT2D eigenvalue weighted by atomic mass is 9.81. The van der Waals surface area contributed by atoms with Gasteiger partial charge in [0.15, 0.2) is 0 Å². The highest BCUT2D eigenvalue weighted by molar-refractivity contribution is 5.80. The van der Waals surface area contributed by atoms with Crippen molar-refractivity contribution in [3.05, 3.63) is 35.9 Å². The fraction of sp³-hybridized carbons (Fsp3) is 0.632. The van der Waals surface area contributed by atoms with Crippen LogP contribution in [0.3, 0.4) is 0 Å². The van der Waals surface area contributed by atoms with Crippen molar-refractivity contribution in [3.8, 4) is 0 Å². The van der Waals surface area contributed by atoms with Crippen LogP contribution in [-0.4, -0.2) is 54.6 Å². The number of rotatable bonds is 3. The molecule has 0 aromatic heterocycles. The van der Waals surface area contributed by atoms with Crippen molar-refractivity contribution in [1.29, 1.82) is 0 Å². The number of likely N-dealkylation sites (tertiary alicyclic amines) is 2. The third kappa shape index (κ3) is 3.15. The standard InChI is InChI=1S/C19H26N2O2/c22-19(21-9-4-5-10-21)17-13-20(12-15-6-2-1-3-7-15)14-18-16(17)8-11-23-18/h1-3,6-7,16-18H,4-5,8-14H2/t16-,17-,18+/m1/s1. The molecule has 1 aromatic carbocycles. The highest BCUT2D eigenvalue weighted by Gasteiger charge is 2.45. The predicted octanol–water partition coefficient (Wildman–Crippen LogP) is 2.15. The topological polar surface area (TPSA) is 32.8 Å². The van der Waals surface area contributed by atoms with E-state index in [-0.39, 0.29) is 12.0 Å². The molecule has 1 aromatic rings. The summed E-state index contributed by atoms with van der Waals surface area (Å²) >= 11 is 0. The molecule has 0 N–H and O–H groups in total. The molecule has 1 amide bonds. The zero-order chi connectivity index (χ0) is 15.6. The number of ether oxygens (including phenoxy) is 1. The Labute approximate surface area is 138 Å². The average Bonchev–Trinajstić information content (AvgIpc) is 3.26. The van der Waals surface area contributed by atoms with E-state index in [1.807, 2.05) is 0 Å². The normalized spacial score (nSPS) is 31.3. The molecule has 3 heterocycles. The van der Waals surface area contributed by atoms with Crippen LogP contribution in [0.25, 0.3) is 0 Å². The number of amides is 1. The molecule has 0 bridgehead atoms. The number of benzene rings is 1. The zero-order valence-electron chi connectivity index (χ0n) is 13.7. The molecular weight excluding hydrogens is 288 g/mol. The van der Waals surface area contributed by atoms with Crippen LogP contribution in [0.1, 0.15) is 24.8 Å². The van der Waals surface area contributed by atoms with Crippen LogP contribution >= 0.6 is 0 Å². The Kier molecular flexibility index (Phi) is 4.36. The molecule has 4 heteroatoms. The van der Waals surface area contributed by atoms with E-state index in [1.54, 1.807) is 0 Å². The van der Waals surface area contributed by atoms with Crippen LogP contribution in [0, 0.1) is 11.8 Å². The summed E-state index contributed by atoms with van der Waals surface area (Å²) in [4.78, 5) is 17.5. The Hall–Kier alpha value is -1.39. The third-order valence-electron chi connectivity index (χ3n) is 5.65. The van der Waals surface area contributed by atoms with Crippen molar-refractivity contribution >= 4 is 5.91 Å². The maximum atomic E-state index is 13.0. The van der Waals surface area contributed by atoms with E-state index in [2.05, 4.69) is 40.1 Å². The fourth-order valence-corrected chi connectivity index (χ4v) is 4.46. The number of hydrogen-bond donors (Lipinski definition) is 0. The zero-order valence-corrected chi connectivity index (χ0v) is 13.7. The molecule has 3 atom stereocenters. The van der Waals surface area contributed by atoms with Gasteiger partial charge in [-0.05, 0) is 24.8 Å². The van der Waals surface area contributed by atoms with E-state index in [0.29, 0.717) is 11.8 Å². The Balaban J connectivity index is 1.49. The first-order valence-corrected chi connectivity index (χ1v) is 8.98. The quantitative estimate of drug-likeness (QED) is 0.857. The van der Waals surface area contributed by atoms with Crippen molar-refractivity contribution < 1.29 is 9.53 Å². The Morgan fingerprint density at radius 2 is 1.91 bits per heavy atom. The lowest BCUT2D eigenvalue weighted by molar-refractivity contribution is -0.140. The lowest BCUT2D eigenvalue weighted by Gasteiger charge is -2.40. The summed E-state index contributed by atoms with van der Waals surface area (Å²) in [5.74, 6) is 0.925. The SMILES string of the molecule is O=C([C@@H]1CN(Cc2ccccc2)C[C@@H]2OCC[C@@H]21)N1CCCC1. The van der Waals surface area contributed by atoms with Gasteiger partial charge in [0, 0.05) is 45.2 Å². The highest BCUT2D eigenvalue weighted by Crippen LogP contribution is 2.35. The molecule has 4 nitrogen and oxygen atoms in total. The molecule has 0 aliphatic carbocycles. The molecule has 3 fully saturated rings. The molecule has 4 rings (SSSR count). The first-order chi connectivity index (χ1) is 11.3. The van der Waals surface area contributed by atoms with Gasteiger partial charge in [0.2, 0.25) is 5.91 Å².